The number of fused-ring (bicyclic) bond motifs is 1. The second-order valence-electron chi connectivity index (χ2n) is 6.59. The highest BCUT2D eigenvalue weighted by molar-refractivity contribution is 7.15. The van der Waals surface area contributed by atoms with Crippen LogP contribution in [0.3, 0.4) is 0 Å². The molecule has 2 bridgehead atoms. The highest BCUT2D eigenvalue weighted by Gasteiger charge is 2.56. The molecule has 1 aromatic rings. The number of hydrogen-bond donors (Lipinski definition) is 1. The molecule has 1 aromatic heterocycles. The molecule has 24 heavy (non-hydrogen) atoms. The lowest BCUT2D eigenvalue weighted by atomic mass is 9.63. The lowest BCUT2D eigenvalue weighted by molar-refractivity contribution is -0.140. The first-order chi connectivity index (χ1) is 11.5. The molecule has 0 spiro atoms. The smallest absolute Gasteiger partial charge is 0.233 e. The lowest BCUT2D eigenvalue weighted by Crippen LogP contribution is -2.38. The summed E-state index contributed by atoms with van der Waals surface area (Å²) in [5, 5.41) is 11.5. The number of amides is 3. The summed E-state index contributed by atoms with van der Waals surface area (Å²) in [7, 11) is 0. The second kappa shape index (κ2) is 5.77. The summed E-state index contributed by atoms with van der Waals surface area (Å²) >= 11 is 1.29. The molecule has 4 aliphatic rings. The largest absolute Gasteiger partial charge is 0.300 e. The monoisotopic (exact) mass is 346 g/mol. The van der Waals surface area contributed by atoms with Crippen LogP contribution in [0.4, 0.5) is 5.13 Å². The first-order valence-electron chi connectivity index (χ1n) is 8.18. The number of carbonyl (C=O) groups excluding carboxylic acids is 3. The number of aromatic nitrogens is 2. The third kappa shape index (κ3) is 2.45. The molecular formula is C16H18N4O3S. The fourth-order valence-electron chi connectivity index (χ4n) is 4.10. The molecule has 2 heterocycles. The van der Waals surface area contributed by atoms with E-state index < -0.39 is 0 Å². The Morgan fingerprint density at radius 2 is 1.83 bits per heavy atom. The van der Waals surface area contributed by atoms with Gasteiger partial charge in [-0.15, -0.1) is 10.2 Å². The maximum Gasteiger partial charge on any atom is 0.233 e. The van der Waals surface area contributed by atoms with Crippen LogP contribution in [0.25, 0.3) is 0 Å². The zero-order valence-corrected chi connectivity index (χ0v) is 14.1. The maximum atomic E-state index is 12.6. The number of imide groups is 1. The van der Waals surface area contributed by atoms with Crippen LogP contribution < -0.4 is 5.32 Å². The summed E-state index contributed by atoms with van der Waals surface area (Å²) in [6.07, 6.45) is 6.22. The zero-order chi connectivity index (χ0) is 16.8. The van der Waals surface area contributed by atoms with Gasteiger partial charge in [-0.3, -0.25) is 19.3 Å². The number of likely N-dealkylation sites (tertiary alicyclic amines) is 1. The highest BCUT2D eigenvalue weighted by Crippen LogP contribution is 2.49. The molecule has 2 fully saturated rings. The predicted octanol–water partition coefficient (Wildman–Crippen LogP) is 1.37. The van der Waals surface area contributed by atoms with Crippen LogP contribution in [0.2, 0.25) is 0 Å². The van der Waals surface area contributed by atoms with E-state index in [1.165, 1.54) is 16.2 Å². The van der Waals surface area contributed by atoms with Crippen molar-refractivity contribution in [1.82, 2.24) is 15.1 Å². The maximum absolute atomic E-state index is 12.6. The Balaban J connectivity index is 1.39. The predicted molar refractivity (Wildman–Crippen MR) is 86.9 cm³/mol. The van der Waals surface area contributed by atoms with E-state index in [9.17, 15) is 14.4 Å². The molecule has 0 unspecified atom stereocenters. The van der Waals surface area contributed by atoms with Crippen LogP contribution in [-0.2, 0) is 14.4 Å². The summed E-state index contributed by atoms with van der Waals surface area (Å²) in [4.78, 5) is 38.6. The SMILES string of the molecule is Cc1nnc(NC(=O)CCN2C(=O)[C@H]3[C@H](C2=O)[C@H]2C=C[C@H]3CC2)s1. The zero-order valence-electron chi connectivity index (χ0n) is 13.3. The van der Waals surface area contributed by atoms with Gasteiger partial charge in [0.25, 0.3) is 0 Å². The van der Waals surface area contributed by atoms with E-state index >= 15 is 0 Å². The molecule has 5 rings (SSSR count). The number of carbonyl (C=O) groups is 3. The molecule has 3 amide bonds. The Bertz CT molecular complexity index is 711. The molecule has 7 nitrogen and oxygen atoms in total. The van der Waals surface area contributed by atoms with E-state index in [-0.39, 0.29) is 54.4 Å². The van der Waals surface area contributed by atoms with E-state index in [0.717, 1.165) is 17.8 Å². The van der Waals surface area contributed by atoms with Gasteiger partial charge in [0, 0.05) is 13.0 Å². The molecule has 0 aromatic carbocycles. The summed E-state index contributed by atoms with van der Waals surface area (Å²) in [5.74, 6) is -0.542. The van der Waals surface area contributed by atoms with Crippen molar-refractivity contribution in [2.45, 2.75) is 26.2 Å². The minimum Gasteiger partial charge on any atom is -0.300 e. The highest BCUT2D eigenvalue weighted by atomic mass is 32.1. The number of nitrogens with zero attached hydrogens (tertiary/aromatic N) is 3. The average molecular weight is 346 g/mol. The summed E-state index contributed by atoms with van der Waals surface area (Å²) < 4.78 is 0. The number of anilines is 1. The van der Waals surface area contributed by atoms with Gasteiger partial charge < -0.3 is 5.32 Å². The van der Waals surface area contributed by atoms with Gasteiger partial charge in [-0.2, -0.15) is 0 Å². The first-order valence-corrected chi connectivity index (χ1v) is 9.00. The summed E-state index contributed by atoms with van der Waals surface area (Å²) in [6, 6.07) is 0. The Kier molecular flexibility index (Phi) is 3.71. The Hall–Kier alpha value is -2.09. The minimum atomic E-state index is -0.261. The first kappa shape index (κ1) is 15.4. The molecular weight excluding hydrogens is 328 g/mol. The van der Waals surface area contributed by atoms with Gasteiger partial charge in [-0.1, -0.05) is 23.5 Å². The normalized spacial score (nSPS) is 30.8. The van der Waals surface area contributed by atoms with Crippen molar-refractivity contribution in [2.24, 2.45) is 23.7 Å². The van der Waals surface area contributed by atoms with Gasteiger partial charge >= 0.3 is 0 Å². The molecule has 8 heteroatoms. The third-order valence-electron chi connectivity index (χ3n) is 5.19. The second-order valence-corrected chi connectivity index (χ2v) is 7.78. The van der Waals surface area contributed by atoms with E-state index in [2.05, 4.69) is 27.7 Å². The lowest BCUT2D eigenvalue weighted by Gasteiger charge is -2.38. The van der Waals surface area contributed by atoms with Crippen molar-refractivity contribution >= 4 is 34.2 Å². The van der Waals surface area contributed by atoms with Gasteiger partial charge in [0.15, 0.2) is 0 Å². The molecule has 1 saturated carbocycles. The number of hydrogen-bond acceptors (Lipinski definition) is 6. The van der Waals surface area contributed by atoms with E-state index in [4.69, 9.17) is 0 Å². The fourth-order valence-corrected chi connectivity index (χ4v) is 4.71. The number of allylic oxidation sites excluding steroid dienone is 2. The molecule has 126 valence electrons. The molecule has 1 aliphatic heterocycles. The van der Waals surface area contributed by atoms with Gasteiger partial charge in [0.05, 0.1) is 11.8 Å². The molecule has 3 aliphatic carbocycles. The van der Waals surface area contributed by atoms with E-state index in [1.54, 1.807) is 6.92 Å². The molecule has 1 N–H and O–H groups in total. The third-order valence-corrected chi connectivity index (χ3v) is 5.94. The molecule has 0 radical (unpaired) electrons. The van der Waals surface area contributed by atoms with Crippen LogP contribution in [0, 0.1) is 30.6 Å². The van der Waals surface area contributed by atoms with Gasteiger partial charge in [0.2, 0.25) is 22.9 Å². The van der Waals surface area contributed by atoms with Gasteiger partial charge in [0.1, 0.15) is 5.01 Å². The van der Waals surface area contributed by atoms with E-state index in [1.807, 2.05) is 0 Å². The standard InChI is InChI=1S/C16H18N4O3S/c1-8-18-19-16(24-8)17-11(21)6-7-20-14(22)12-9-2-3-10(5-4-9)13(12)15(20)23/h2-3,9-10,12-13H,4-7H2,1H3,(H,17,19,21)/t9-,10-,12+,13+/m0/s1. The van der Waals surface area contributed by atoms with Crippen LogP contribution in [0.5, 0.6) is 0 Å². The number of rotatable bonds is 4. The Morgan fingerprint density at radius 1 is 1.21 bits per heavy atom. The summed E-state index contributed by atoms with van der Waals surface area (Å²) in [6.45, 7) is 1.94. The van der Waals surface area contributed by atoms with Crippen LogP contribution in [0.15, 0.2) is 12.2 Å². The van der Waals surface area contributed by atoms with Crippen molar-refractivity contribution in [1.29, 1.82) is 0 Å². The number of aryl methyl sites for hydroxylation is 1. The Labute approximate surface area is 143 Å². The van der Waals surface area contributed by atoms with Crippen LogP contribution >= 0.6 is 11.3 Å². The molecule has 1 saturated heterocycles. The van der Waals surface area contributed by atoms with Crippen molar-refractivity contribution in [2.75, 3.05) is 11.9 Å². The van der Waals surface area contributed by atoms with Gasteiger partial charge in [-0.25, -0.2) is 0 Å². The summed E-state index contributed by atoms with van der Waals surface area (Å²) in [5.41, 5.74) is 0. The fraction of sp³-hybridized carbons (Fsp3) is 0.562. The van der Waals surface area contributed by atoms with Crippen LogP contribution in [-0.4, -0.2) is 39.4 Å². The quantitative estimate of drug-likeness (QED) is 0.657. The van der Waals surface area contributed by atoms with Crippen molar-refractivity contribution in [3.63, 3.8) is 0 Å². The van der Waals surface area contributed by atoms with E-state index in [0.29, 0.717) is 5.13 Å². The Morgan fingerprint density at radius 3 is 2.33 bits per heavy atom. The van der Waals surface area contributed by atoms with Crippen molar-refractivity contribution < 1.29 is 14.4 Å². The van der Waals surface area contributed by atoms with Crippen LogP contribution in [0.1, 0.15) is 24.3 Å². The van der Waals surface area contributed by atoms with Crippen molar-refractivity contribution in [3.8, 4) is 0 Å². The van der Waals surface area contributed by atoms with Gasteiger partial charge in [-0.05, 0) is 31.6 Å². The number of nitrogens with one attached hydrogen (secondary N) is 1. The van der Waals surface area contributed by atoms with Crippen molar-refractivity contribution in [3.05, 3.63) is 17.2 Å². The minimum absolute atomic E-state index is 0.0817. The average Bonchev–Trinajstić information content (AvgIpc) is 3.10. The molecule has 4 atom stereocenters. The topological polar surface area (TPSA) is 92.3 Å².